The third-order valence-electron chi connectivity index (χ3n) is 3.00. The van der Waals surface area contributed by atoms with Crippen molar-refractivity contribution in [3.8, 4) is 0 Å². The van der Waals surface area contributed by atoms with Gasteiger partial charge in [-0.25, -0.2) is 4.98 Å². The van der Waals surface area contributed by atoms with Gasteiger partial charge < -0.3 is 10.2 Å². The first-order valence-electron chi connectivity index (χ1n) is 6.34. The molecule has 6 heteroatoms. The molecule has 0 aliphatic rings. The van der Waals surface area contributed by atoms with Gasteiger partial charge in [-0.1, -0.05) is 35.3 Å². The van der Waals surface area contributed by atoms with Gasteiger partial charge in [-0.05, 0) is 23.8 Å². The Hall–Kier alpha value is -1.78. The van der Waals surface area contributed by atoms with Crippen LogP contribution in [0.15, 0.2) is 36.5 Å². The Balaban J connectivity index is 2.11. The third-order valence-corrected chi connectivity index (χ3v) is 3.54. The number of halogens is 2. The van der Waals surface area contributed by atoms with Gasteiger partial charge >= 0.3 is 0 Å². The highest BCUT2D eigenvalue weighted by Gasteiger charge is 2.14. The van der Waals surface area contributed by atoms with E-state index in [1.54, 1.807) is 37.2 Å². The second kappa shape index (κ2) is 6.78. The van der Waals surface area contributed by atoms with Gasteiger partial charge in [0.2, 0.25) is 0 Å². The molecule has 0 radical (unpaired) electrons. The average Bonchev–Trinajstić information content (AvgIpc) is 2.48. The monoisotopic (exact) mass is 323 g/mol. The molecule has 1 N–H and O–H groups in total. The lowest BCUT2D eigenvalue weighted by Gasteiger charge is -2.17. The zero-order chi connectivity index (χ0) is 15.4. The van der Waals surface area contributed by atoms with Crippen LogP contribution in [0.1, 0.15) is 15.9 Å². The molecule has 21 heavy (non-hydrogen) atoms. The predicted molar refractivity (Wildman–Crippen MR) is 86.0 cm³/mol. The number of rotatable bonds is 4. The summed E-state index contributed by atoms with van der Waals surface area (Å²) < 4.78 is 0. The summed E-state index contributed by atoms with van der Waals surface area (Å²) in [7, 11) is 3.46. The third kappa shape index (κ3) is 3.86. The van der Waals surface area contributed by atoms with Crippen molar-refractivity contribution in [2.75, 3.05) is 19.4 Å². The summed E-state index contributed by atoms with van der Waals surface area (Å²) >= 11 is 11.9. The lowest BCUT2D eigenvalue weighted by atomic mass is 10.2. The zero-order valence-corrected chi connectivity index (χ0v) is 13.2. The number of nitrogens with zero attached hydrogens (tertiary/aromatic N) is 2. The number of aromatic nitrogens is 1. The van der Waals surface area contributed by atoms with Crippen LogP contribution in [0.2, 0.25) is 10.0 Å². The highest BCUT2D eigenvalue weighted by atomic mass is 35.5. The Morgan fingerprint density at radius 3 is 2.52 bits per heavy atom. The molecule has 0 saturated carbocycles. The molecule has 1 aromatic carbocycles. The number of pyridine rings is 1. The molecule has 4 nitrogen and oxygen atoms in total. The van der Waals surface area contributed by atoms with Crippen LogP contribution in [0.25, 0.3) is 0 Å². The number of anilines is 1. The molecule has 1 heterocycles. The van der Waals surface area contributed by atoms with Crippen LogP contribution in [0, 0.1) is 0 Å². The number of hydrogen-bond donors (Lipinski definition) is 1. The van der Waals surface area contributed by atoms with Gasteiger partial charge in [0.15, 0.2) is 0 Å². The summed E-state index contributed by atoms with van der Waals surface area (Å²) in [5.74, 6) is 0.413. The van der Waals surface area contributed by atoms with E-state index < -0.39 is 0 Å². The fourth-order valence-electron chi connectivity index (χ4n) is 1.89. The largest absolute Gasteiger partial charge is 0.372 e. The van der Waals surface area contributed by atoms with E-state index in [1.807, 2.05) is 12.1 Å². The molecule has 0 unspecified atom stereocenters. The molecule has 0 bridgehead atoms. The Morgan fingerprint density at radius 1 is 1.29 bits per heavy atom. The average molecular weight is 324 g/mol. The molecule has 0 spiro atoms. The van der Waals surface area contributed by atoms with Gasteiger partial charge in [0.1, 0.15) is 5.82 Å². The second-order valence-electron chi connectivity index (χ2n) is 4.59. The second-order valence-corrected chi connectivity index (χ2v) is 5.44. The van der Waals surface area contributed by atoms with Crippen LogP contribution < -0.4 is 5.32 Å². The molecule has 110 valence electrons. The summed E-state index contributed by atoms with van der Waals surface area (Å²) in [6, 6.07) is 8.99. The van der Waals surface area contributed by atoms with Crippen LogP contribution in [-0.2, 0) is 6.54 Å². The van der Waals surface area contributed by atoms with E-state index in [9.17, 15) is 4.79 Å². The minimum absolute atomic E-state index is 0.137. The van der Waals surface area contributed by atoms with Crippen molar-refractivity contribution in [1.29, 1.82) is 0 Å². The summed E-state index contributed by atoms with van der Waals surface area (Å²) in [4.78, 5) is 18.1. The van der Waals surface area contributed by atoms with Crippen LogP contribution in [0.3, 0.4) is 0 Å². The molecule has 2 rings (SSSR count). The molecular weight excluding hydrogens is 309 g/mol. The van der Waals surface area contributed by atoms with Gasteiger partial charge in [0.05, 0.1) is 10.6 Å². The molecule has 1 amide bonds. The number of benzene rings is 1. The van der Waals surface area contributed by atoms with E-state index in [2.05, 4.69) is 10.3 Å². The highest BCUT2D eigenvalue weighted by molar-refractivity contribution is 6.33. The minimum atomic E-state index is -0.137. The SMILES string of the molecule is CNc1ncc(C(=O)N(C)Cc2ccc(Cl)cc2)cc1Cl. The number of carbonyl (C=O) groups excluding carboxylic acids is 1. The molecule has 0 atom stereocenters. The normalized spacial score (nSPS) is 10.3. The Kier molecular flexibility index (Phi) is 5.04. The van der Waals surface area contributed by atoms with Gasteiger partial charge in [0.25, 0.3) is 5.91 Å². The van der Waals surface area contributed by atoms with Crippen molar-refractivity contribution in [2.24, 2.45) is 0 Å². The molecule has 0 aliphatic heterocycles. The number of nitrogens with one attached hydrogen (secondary N) is 1. The molecular formula is C15H15Cl2N3O. The molecule has 1 aromatic heterocycles. The van der Waals surface area contributed by atoms with Crippen LogP contribution in [-0.4, -0.2) is 29.9 Å². The molecule has 0 fully saturated rings. The van der Waals surface area contributed by atoms with E-state index >= 15 is 0 Å². The molecule has 2 aromatic rings. The lowest BCUT2D eigenvalue weighted by Crippen LogP contribution is -2.26. The zero-order valence-electron chi connectivity index (χ0n) is 11.7. The van der Waals surface area contributed by atoms with Crippen LogP contribution in [0.4, 0.5) is 5.82 Å². The van der Waals surface area contributed by atoms with E-state index in [-0.39, 0.29) is 5.91 Å². The summed E-state index contributed by atoms with van der Waals surface area (Å²) in [6.07, 6.45) is 1.51. The summed E-state index contributed by atoms with van der Waals surface area (Å²) in [5.41, 5.74) is 1.46. The first-order valence-corrected chi connectivity index (χ1v) is 7.10. The fourth-order valence-corrected chi connectivity index (χ4v) is 2.28. The van der Waals surface area contributed by atoms with E-state index in [4.69, 9.17) is 23.2 Å². The van der Waals surface area contributed by atoms with E-state index in [1.165, 1.54) is 6.20 Å². The lowest BCUT2D eigenvalue weighted by molar-refractivity contribution is 0.0784. The Bertz CT molecular complexity index is 644. The van der Waals surface area contributed by atoms with Gasteiger partial charge in [0, 0.05) is 31.9 Å². The first kappa shape index (κ1) is 15.6. The number of carbonyl (C=O) groups is 1. The van der Waals surface area contributed by atoms with Crippen LogP contribution >= 0.6 is 23.2 Å². The minimum Gasteiger partial charge on any atom is -0.372 e. The van der Waals surface area contributed by atoms with E-state index in [0.29, 0.717) is 28.0 Å². The number of hydrogen-bond acceptors (Lipinski definition) is 3. The quantitative estimate of drug-likeness (QED) is 0.933. The smallest absolute Gasteiger partial charge is 0.255 e. The summed E-state index contributed by atoms with van der Waals surface area (Å²) in [6.45, 7) is 0.488. The van der Waals surface area contributed by atoms with Crippen molar-refractivity contribution in [1.82, 2.24) is 9.88 Å². The van der Waals surface area contributed by atoms with Gasteiger partial charge in [-0.15, -0.1) is 0 Å². The Morgan fingerprint density at radius 2 is 1.95 bits per heavy atom. The van der Waals surface area contributed by atoms with Gasteiger partial charge in [-0.2, -0.15) is 0 Å². The Labute approximate surface area is 133 Å². The van der Waals surface area contributed by atoms with Crippen molar-refractivity contribution in [3.63, 3.8) is 0 Å². The predicted octanol–water partition coefficient (Wildman–Crippen LogP) is 3.70. The van der Waals surface area contributed by atoms with Crippen molar-refractivity contribution in [3.05, 3.63) is 57.7 Å². The topological polar surface area (TPSA) is 45.2 Å². The van der Waals surface area contributed by atoms with E-state index in [0.717, 1.165) is 5.56 Å². The van der Waals surface area contributed by atoms with Gasteiger partial charge in [-0.3, -0.25) is 4.79 Å². The maximum atomic E-state index is 12.3. The van der Waals surface area contributed by atoms with Crippen LogP contribution in [0.5, 0.6) is 0 Å². The first-order chi connectivity index (χ1) is 10.0. The highest BCUT2D eigenvalue weighted by Crippen LogP contribution is 2.20. The standard InChI is InChI=1S/C15H15Cl2N3O/c1-18-14-13(17)7-11(8-19-14)15(21)20(2)9-10-3-5-12(16)6-4-10/h3-8H,9H2,1-2H3,(H,18,19). The maximum absolute atomic E-state index is 12.3. The summed E-state index contributed by atoms with van der Waals surface area (Å²) in [5, 5.41) is 3.95. The maximum Gasteiger partial charge on any atom is 0.255 e. The fraction of sp³-hybridized carbons (Fsp3) is 0.200. The molecule has 0 saturated heterocycles. The van der Waals surface area contributed by atoms with Crippen molar-refractivity contribution >= 4 is 34.9 Å². The van der Waals surface area contributed by atoms with Crippen molar-refractivity contribution in [2.45, 2.75) is 6.54 Å². The van der Waals surface area contributed by atoms with Crippen molar-refractivity contribution < 1.29 is 4.79 Å². The molecule has 0 aliphatic carbocycles. The number of amides is 1.